The number of phenolic OH excluding ortho intramolecular Hbond substituents is 1. The molecule has 0 bridgehead atoms. The number of allylic oxidation sites excluding steroid dienone is 1. The van der Waals surface area contributed by atoms with Crippen LogP contribution in [0.15, 0.2) is 42.5 Å². The van der Waals surface area contributed by atoms with Gasteiger partial charge in [0.25, 0.3) is 0 Å². The topological polar surface area (TPSA) is 50.2 Å². The van der Waals surface area contributed by atoms with E-state index >= 15 is 0 Å². The van der Waals surface area contributed by atoms with Crippen LogP contribution in [0, 0.1) is 20.8 Å². The number of aromatic hydroxyl groups is 1. The van der Waals surface area contributed by atoms with E-state index in [4.69, 9.17) is 0 Å². The highest BCUT2D eigenvalue weighted by Gasteiger charge is 2.30. The van der Waals surface area contributed by atoms with E-state index in [-0.39, 0.29) is 11.5 Å². The summed E-state index contributed by atoms with van der Waals surface area (Å²) in [5.74, 6) is -0.00509. The van der Waals surface area contributed by atoms with Crippen LogP contribution in [0.4, 0.5) is 13.2 Å². The minimum absolute atomic E-state index is 0.230. The molecule has 2 aromatic carbocycles. The summed E-state index contributed by atoms with van der Waals surface area (Å²) in [5, 5.41) is 10.3. The third-order valence-corrected chi connectivity index (χ3v) is 5.64. The number of phenols is 1. The summed E-state index contributed by atoms with van der Waals surface area (Å²) in [7, 11) is 0. The molecular formula is C22H18F3NO2S. The zero-order valence-corrected chi connectivity index (χ0v) is 16.8. The summed E-state index contributed by atoms with van der Waals surface area (Å²) in [5.41, 5.74) is 2.55. The average Bonchev–Trinajstić information content (AvgIpc) is 3.05. The molecule has 0 saturated heterocycles. The number of thiazole rings is 1. The first kappa shape index (κ1) is 20.8. The fraction of sp³-hybridized carbons (Fsp3) is 0.182. The van der Waals surface area contributed by atoms with Crippen molar-refractivity contribution in [3.8, 4) is 16.3 Å². The maximum Gasteiger partial charge on any atom is 0.416 e. The number of aromatic nitrogens is 1. The van der Waals surface area contributed by atoms with Gasteiger partial charge in [0.1, 0.15) is 10.8 Å². The van der Waals surface area contributed by atoms with E-state index < -0.39 is 11.7 Å². The Kier molecular flexibility index (Phi) is 5.61. The molecule has 3 aromatic rings. The summed E-state index contributed by atoms with van der Waals surface area (Å²) >= 11 is 1.14. The standard InChI is InChI=1S/C22H18F3NO2S/c1-12-10-15(11-13(2)19(12)28)4-9-18(27)20-14(3)26-21(29-20)16-5-7-17(8-6-16)22(23,24)25/h4-11,28H,1-3H3/b9-4+. The van der Waals surface area contributed by atoms with Crippen molar-refractivity contribution in [1.82, 2.24) is 4.98 Å². The first-order chi connectivity index (χ1) is 13.6. The van der Waals surface area contributed by atoms with E-state index in [2.05, 4.69) is 4.98 Å². The number of carbonyl (C=O) groups is 1. The van der Waals surface area contributed by atoms with Crippen molar-refractivity contribution in [2.75, 3.05) is 0 Å². The molecule has 29 heavy (non-hydrogen) atoms. The zero-order chi connectivity index (χ0) is 21.3. The normalized spacial score (nSPS) is 11.9. The van der Waals surface area contributed by atoms with Gasteiger partial charge in [0.2, 0.25) is 0 Å². The van der Waals surface area contributed by atoms with Gasteiger partial charge in [-0.05, 0) is 67.8 Å². The SMILES string of the molecule is Cc1cc(/C=C/C(=O)c2sc(-c3ccc(C(F)(F)F)cc3)nc2C)cc(C)c1O. The lowest BCUT2D eigenvalue weighted by Crippen LogP contribution is -2.03. The molecule has 0 aliphatic carbocycles. The van der Waals surface area contributed by atoms with E-state index in [1.165, 1.54) is 18.2 Å². The molecule has 0 atom stereocenters. The van der Waals surface area contributed by atoms with E-state index in [1.54, 1.807) is 39.0 Å². The highest BCUT2D eigenvalue weighted by Crippen LogP contribution is 2.33. The van der Waals surface area contributed by atoms with Crippen LogP contribution in [-0.2, 0) is 6.18 Å². The third-order valence-electron chi connectivity index (χ3n) is 4.42. The molecule has 0 unspecified atom stereocenters. The molecule has 0 fully saturated rings. The summed E-state index contributed by atoms with van der Waals surface area (Å²) in [6.45, 7) is 5.26. The van der Waals surface area contributed by atoms with Crippen LogP contribution in [0.3, 0.4) is 0 Å². The molecular weight excluding hydrogens is 399 g/mol. The van der Waals surface area contributed by atoms with Gasteiger partial charge in [-0.25, -0.2) is 4.98 Å². The molecule has 150 valence electrons. The molecule has 1 N–H and O–H groups in total. The molecule has 0 radical (unpaired) electrons. The zero-order valence-electron chi connectivity index (χ0n) is 16.0. The Morgan fingerprint density at radius 1 is 1.07 bits per heavy atom. The quantitative estimate of drug-likeness (QED) is 0.397. The minimum Gasteiger partial charge on any atom is -0.507 e. The largest absolute Gasteiger partial charge is 0.507 e. The van der Waals surface area contributed by atoms with Gasteiger partial charge >= 0.3 is 6.18 Å². The molecule has 1 aromatic heterocycles. The lowest BCUT2D eigenvalue weighted by atomic mass is 10.0. The van der Waals surface area contributed by atoms with E-state index in [1.807, 2.05) is 0 Å². The number of halogens is 3. The van der Waals surface area contributed by atoms with Gasteiger partial charge in [0, 0.05) is 5.56 Å². The van der Waals surface area contributed by atoms with Crippen molar-refractivity contribution in [3.63, 3.8) is 0 Å². The van der Waals surface area contributed by atoms with Crippen LogP contribution in [0.1, 0.15) is 37.6 Å². The predicted molar refractivity (Wildman–Crippen MR) is 108 cm³/mol. The fourth-order valence-electron chi connectivity index (χ4n) is 2.88. The molecule has 0 aliphatic rings. The van der Waals surface area contributed by atoms with Crippen molar-refractivity contribution in [2.45, 2.75) is 26.9 Å². The minimum atomic E-state index is -4.39. The molecule has 3 nitrogen and oxygen atoms in total. The number of aryl methyl sites for hydroxylation is 3. The number of alkyl halides is 3. The smallest absolute Gasteiger partial charge is 0.416 e. The van der Waals surface area contributed by atoms with Crippen LogP contribution >= 0.6 is 11.3 Å². The Hall–Kier alpha value is -2.93. The Labute approximate surface area is 170 Å². The Bertz CT molecular complexity index is 1070. The summed E-state index contributed by atoms with van der Waals surface area (Å²) < 4.78 is 38.1. The van der Waals surface area contributed by atoms with Crippen molar-refractivity contribution < 1.29 is 23.1 Å². The number of nitrogens with zero attached hydrogens (tertiary/aromatic N) is 1. The van der Waals surface area contributed by atoms with Gasteiger partial charge in [-0.15, -0.1) is 11.3 Å². The lowest BCUT2D eigenvalue weighted by molar-refractivity contribution is -0.137. The monoisotopic (exact) mass is 417 g/mol. The second-order valence-electron chi connectivity index (χ2n) is 6.71. The van der Waals surface area contributed by atoms with Gasteiger partial charge in [-0.1, -0.05) is 18.2 Å². The van der Waals surface area contributed by atoms with Gasteiger partial charge in [0.15, 0.2) is 5.78 Å². The third kappa shape index (κ3) is 4.56. The second kappa shape index (κ2) is 7.83. The first-order valence-electron chi connectivity index (χ1n) is 8.74. The highest BCUT2D eigenvalue weighted by molar-refractivity contribution is 7.17. The average molecular weight is 417 g/mol. The Morgan fingerprint density at radius 3 is 2.21 bits per heavy atom. The molecule has 3 rings (SSSR count). The van der Waals surface area contributed by atoms with E-state index in [9.17, 15) is 23.1 Å². The summed E-state index contributed by atoms with van der Waals surface area (Å²) in [6.07, 6.45) is -1.30. The molecule has 1 heterocycles. The number of ketones is 1. The van der Waals surface area contributed by atoms with Gasteiger partial charge < -0.3 is 5.11 Å². The second-order valence-corrected chi connectivity index (χ2v) is 7.71. The van der Waals surface area contributed by atoms with Crippen LogP contribution in [-0.4, -0.2) is 15.9 Å². The molecule has 7 heteroatoms. The summed E-state index contributed by atoms with van der Waals surface area (Å²) in [4.78, 5) is 17.4. The summed E-state index contributed by atoms with van der Waals surface area (Å²) in [6, 6.07) is 8.27. The van der Waals surface area contributed by atoms with E-state index in [0.29, 0.717) is 21.1 Å². The van der Waals surface area contributed by atoms with Crippen molar-refractivity contribution in [1.29, 1.82) is 0 Å². The Balaban J connectivity index is 1.83. The van der Waals surface area contributed by atoms with Crippen LogP contribution < -0.4 is 0 Å². The number of rotatable bonds is 4. The van der Waals surface area contributed by atoms with Crippen LogP contribution in [0.5, 0.6) is 5.75 Å². The first-order valence-corrected chi connectivity index (χ1v) is 9.55. The molecule has 0 saturated carbocycles. The molecule has 0 aliphatic heterocycles. The lowest BCUT2D eigenvalue weighted by Gasteiger charge is -2.06. The number of benzene rings is 2. The number of hydrogen-bond acceptors (Lipinski definition) is 4. The van der Waals surface area contributed by atoms with Gasteiger partial charge in [0.05, 0.1) is 16.1 Å². The molecule has 0 amide bonds. The van der Waals surface area contributed by atoms with Gasteiger partial charge in [-0.3, -0.25) is 4.79 Å². The van der Waals surface area contributed by atoms with E-state index in [0.717, 1.165) is 40.2 Å². The molecule has 0 spiro atoms. The fourth-order valence-corrected chi connectivity index (χ4v) is 3.88. The van der Waals surface area contributed by atoms with Crippen LogP contribution in [0.2, 0.25) is 0 Å². The number of hydrogen-bond donors (Lipinski definition) is 1. The predicted octanol–water partition coefficient (Wildman–Crippen LogP) is 6.36. The maximum atomic E-state index is 12.7. The van der Waals surface area contributed by atoms with Gasteiger partial charge in [-0.2, -0.15) is 13.2 Å². The number of carbonyl (C=O) groups excluding carboxylic acids is 1. The van der Waals surface area contributed by atoms with Crippen LogP contribution in [0.25, 0.3) is 16.6 Å². The highest BCUT2D eigenvalue weighted by atomic mass is 32.1. The van der Waals surface area contributed by atoms with Crippen molar-refractivity contribution in [2.24, 2.45) is 0 Å². The van der Waals surface area contributed by atoms with Crippen molar-refractivity contribution >= 4 is 23.2 Å². The maximum absolute atomic E-state index is 12.7. The Morgan fingerprint density at radius 2 is 1.66 bits per heavy atom. The van der Waals surface area contributed by atoms with Crippen molar-refractivity contribution in [3.05, 3.63) is 75.3 Å².